The van der Waals surface area contributed by atoms with Crippen LogP contribution in [0.2, 0.25) is 0 Å². The van der Waals surface area contributed by atoms with Crippen LogP contribution in [0, 0.1) is 6.92 Å². The lowest BCUT2D eigenvalue weighted by Gasteiger charge is -2.15. The van der Waals surface area contributed by atoms with Gasteiger partial charge in [0.15, 0.2) is 0 Å². The van der Waals surface area contributed by atoms with E-state index >= 15 is 0 Å². The fraction of sp³-hybridized carbons (Fsp3) is 0.111. The van der Waals surface area contributed by atoms with Gasteiger partial charge in [-0.3, -0.25) is 0 Å². The van der Waals surface area contributed by atoms with Crippen LogP contribution in [0.1, 0.15) is 5.56 Å². The second-order valence-corrected chi connectivity index (χ2v) is 5.25. The Morgan fingerprint density at radius 3 is 2.10 bits per heavy atom. The summed E-state index contributed by atoms with van der Waals surface area (Å²) < 4.78 is 5.47. The summed E-state index contributed by atoms with van der Waals surface area (Å²) in [5, 5.41) is 16.8. The zero-order valence-electron chi connectivity index (χ0n) is 11.4. The number of phenols is 1. The van der Waals surface area contributed by atoms with Gasteiger partial charge in [-0.2, -0.15) is 0 Å². The largest absolute Gasteiger partial charge is 0.508 e. The van der Waals surface area contributed by atoms with Gasteiger partial charge in [0.25, 0.3) is 0 Å². The Labute approximate surface area is 116 Å². The quantitative estimate of drug-likeness (QED) is 0.508. The van der Waals surface area contributed by atoms with E-state index in [0.29, 0.717) is 5.75 Å². The van der Waals surface area contributed by atoms with E-state index in [4.69, 9.17) is 4.74 Å². The van der Waals surface area contributed by atoms with Crippen molar-refractivity contribution in [1.82, 2.24) is 0 Å². The Bertz CT molecular complexity index is 935. The molecule has 0 aliphatic heterocycles. The first-order valence-corrected chi connectivity index (χ1v) is 6.64. The molecule has 4 aromatic carbocycles. The summed E-state index contributed by atoms with van der Waals surface area (Å²) in [6.45, 7) is 2.09. The van der Waals surface area contributed by atoms with E-state index in [1.807, 2.05) is 12.1 Å². The maximum absolute atomic E-state index is 9.82. The first-order valence-electron chi connectivity index (χ1n) is 6.64. The number of aromatic hydroxyl groups is 1. The number of hydrogen-bond acceptors (Lipinski definition) is 2. The van der Waals surface area contributed by atoms with Crippen LogP contribution < -0.4 is 4.74 Å². The van der Waals surface area contributed by atoms with Crippen molar-refractivity contribution in [2.45, 2.75) is 6.92 Å². The lowest BCUT2D eigenvalue weighted by molar-refractivity contribution is 0.413. The van der Waals surface area contributed by atoms with Gasteiger partial charge < -0.3 is 9.84 Å². The van der Waals surface area contributed by atoms with Crippen LogP contribution in [0.4, 0.5) is 0 Å². The standard InChI is InChI=1S/C18H14O2/c1-10-15-6-5-12-8-14(19)7-11-3-4-13(9-16(10)20-2)18(15)17(11)12/h3-9,19H,1-2H3. The van der Waals surface area contributed by atoms with Crippen LogP contribution in [-0.4, -0.2) is 12.2 Å². The first kappa shape index (κ1) is 11.4. The lowest BCUT2D eigenvalue weighted by atomic mass is 9.91. The number of phenolic OH excluding ortho intramolecular Hbond substituents is 1. The Hall–Kier alpha value is -2.48. The van der Waals surface area contributed by atoms with Gasteiger partial charge in [-0.25, -0.2) is 0 Å². The van der Waals surface area contributed by atoms with Crippen LogP contribution in [0.15, 0.2) is 42.5 Å². The fourth-order valence-corrected chi connectivity index (χ4v) is 3.20. The van der Waals surface area contributed by atoms with Crippen molar-refractivity contribution in [2.75, 3.05) is 7.11 Å². The smallest absolute Gasteiger partial charge is 0.123 e. The highest BCUT2D eigenvalue weighted by Gasteiger charge is 2.13. The summed E-state index contributed by atoms with van der Waals surface area (Å²) in [5.41, 5.74) is 1.16. The molecule has 2 heteroatoms. The minimum Gasteiger partial charge on any atom is -0.508 e. The number of hydrogen-bond donors (Lipinski definition) is 1. The van der Waals surface area contributed by atoms with Gasteiger partial charge in [-0.1, -0.05) is 24.3 Å². The number of methoxy groups -OCH3 is 1. The fourth-order valence-electron chi connectivity index (χ4n) is 3.20. The molecule has 0 spiro atoms. The van der Waals surface area contributed by atoms with E-state index in [2.05, 4.69) is 37.3 Å². The average Bonchev–Trinajstić information content (AvgIpc) is 2.45. The van der Waals surface area contributed by atoms with Gasteiger partial charge in [0.05, 0.1) is 7.11 Å². The van der Waals surface area contributed by atoms with E-state index in [1.165, 1.54) is 21.5 Å². The summed E-state index contributed by atoms with van der Waals surface area (Å²) in [7, 11) is 1.71. The molecule has 4 rings (SSSR count). The Kier molecular flexibility index (Phi) is 2.14. The lowest BCUT2D eigenvalue weighted by Crippen LogP contribution is -1.91. The highest BCUT2D eigenvalue weighted by Crippen LogP contribution is 2.40. The van der Waals surface area contributed by atoms with E-state index in [1.54, 1.807) is 7.11 Å². The SMILES string of the molecule is COc1cc2ccc3cc(O)cc4ccc(c1C)c2c34. The minimum absolute atomic E-state index is 0.310. The van der Waals surface area contributed by atoms with Gasteiger partial charge in [-0.05, 0) is 63.0 Å². The molecule has 0 fully saturated rings. The van der Waals surface area contributed by atoms with Crippen LogP contribution in [0.5, 0.6) is 11.5 Å². The van der Waals surface area contributed by atoms with Crippen molar-refractivity contribution >= 4 is 32.3 Å². The van der Waals surface area contributed by atoms with Gasteiger partial charge >= 0.3 is 0 Å². The van der Waals surface area contributed by atoms with Gasteiger partial charge in [0, 0.05) is 0 Å². The monoisotopic (exact) mass is 262 g/mol. The van der Waals surface area contributed by atoms with Crippen LogP contribution >= 0.6 is 0 Å². The van der Waals surface area contributed by atoms with Gasteiger partial charge in [0.2, 0.25) is 0 Å². The molecule has 0 heterocycles. The molecule has 4 aromatic rings. The van der Waals surface area contributed by atoms with Crippen molar-refractivity contribution in [1.29, 1.82) is 0 Å². The molecule has 2 nitrogen and oxygen atoms in total. The number of aryl methyl sites for hydroxylation is 1. The third-order valence-electron chi connectivity index (χ3n) is 4.14. The van der Waals surface area contributed by atoms with Crippen molar-refractivity contribution in [3.63, 3.8) is 0 Å². The molecule has 0 aliphatic rings. The number of ether oxygens (including phenoxy) is 1. The van der Waals surface area contributed by atoms with Gasteiger partial charge in [-0.15, -0.1) is 0 Å². The summed E-state index contributed by atoms with van der Waals surface area (Å²) >= 11 is 0. The highest BCUT2D eigenvalue weighted by molar-refractivity contribution is 6.24. The topological polar surface area (TPSA) is 29.5 Å². The molecule has 0 saturated carbocycles. The van der Waals surface area contributed by atoms with E-state index in [-0.39, 0.29) is 0 Å². The maximum atomic E-state index is 9.82. The number of rotatable bonds is 1. The molecular formula is C18H14O2. The minimum atomic E-state index is 0.310. The molecule has 0 unspecified atom stereocenters. The van der Waals surface area contributed by atoms with E-state index in [9.17, 15) is 5.11 Å². The molecular weight excluding hydrogens is 248 g/mol. The van der Waals surface area contributed by atoms with Crippen molar-refractivity contribution in [3.05, 3.63) is 48.0 Å². The predicted molar refractivity (Wildman–Crippen MR) is 83.1 cm³/mol. The van der Waals surface area contributed by atoms with Crippen molar-refractivity contribution in [3.8, 4) is 11.5 Å². The second-order valence-electron chi connectivity index (χ2n) is 5.25. The third-order valence-corrected chi connectivity index (χ3v) is 4.14. The molecule has 0 amide bonds. The van der Waals surface area contributed by atoms with Crippen LogP contribution in [0.3, 0.4) is 0 Å². The zero-order valence-corrected chi connectivity index (χ0v) is 11.4. The molecule has 20 heavy (non-hydrogen) atoms. The third kappa shape index (κ3) is 1.33. The molecule has 0 saturated heterocycles. The average molecular weight is 262 g/mol. The molecule has 0 bridgehead atoms. The number of benzene rings is 4. The molecule has 0 radical (unpaired) electrons. The Morgan fingerprint density at radius 2 is 1.45 bits per heavy atom. The maximum Gasteiger partial charge on any atom is 0.123 e. The molecule has 0 aromatic heterocycles. The van der Waals surface area contributed by atoms with E-state index < -0.39 is 0 Å². The Morgan fingerprint density at radius 1 is 0.850 bits per heavy atom. The van der Waals surface area contributed by atoms with Crippen molar-refractivity contribution < 1.29 is 9.84 Å². The van der Waals surface area contributed by atoms with Crippen molar-refractivity contribution in [2.24, 2.45) is 0 Å². The summed E-state index contributed by atoms with van der Waals surface area (Å²) in [5.74, 6) is 1.23. The summed E-state index contributed by atoms with van der Waals surface area (Å²) in [4.78, 5) is 0. The van der Waals surface area contributed by atoms with Gasteiger partial charge in [0.1, 0.15) is 11.5 Å². The zero-order chi connectivity index (χ0) is 13.9. The summed E-state index contributed by atoms with van der Waals surface area (Å²) in [6.07, 6.45) is 0. The highest BCUT2D eigenvalue weighted by atomic mass is 16.5. The second kappa shape index (κ2) is 3.76. The molecule has 0 aliphatic carbocycles. The van der Waals surface area contributed by atoms with Crippen LogP contribution in [0.25, 0.3) is 32.3 Å². The molecule has 1 N–H and O–H groups in total. The summed E-state index contributed by atoms with van der Waals surface area (Å²) in [6, 6.07) is 14.0. The van der Waals surface area contributed by atoms with Crippen LogP contribution in [-0.2, 0) is 0 Å². The van der Waals surface area contributed by atoms with E-state index in [0.717, 1.165) is 22.1 Å². The predicted octanol–water partition coefficient (Wildman–Crippen LogP) is 4.61. The normalized spacial score (nSPS) is 11.7. The Balaban J connectivity index is 2.34. The first-order chi connectivity index (χ1) is 9.69. The molecule has 0 atom stereocenters. The molecule has 98 valence electrons.